The summed E-state index contributed by atoms with van der Waals surface area (Å²) in [5, 5.41) is 3.98. The zero-order valence-corrected chi connectivity index (χ0v) is 13.8. The van der Waals surface area contributed by atoms with Gasteiger partial charge in [-0.1, -0.05) is 26.0 Å². The van der Waals surface area contributed by atoms with Gasteiger partial charge in [-0.15, -0.1) is 0 Å². The Morgan fingerprint density at radius 3 is 2.77 bits per heavy atom. The first-order valence-electron chi connectivity index (χ1n) is 7.95. The average molecular weight is 303 g/mol. The highest BCUT2D eigenvalue weighted by atomic mass is 16.5. The van der Waals surface area contributed by atoms with E-state index in [1.54, 1.807) is 0 Å². The number of benzene rings is 1. The number of para-hydroxylation sites is 1. The topological polar surface area (TPSA) is 51.5 Å². The minimum absolute atomic E-state index is 0.0617. The van der Waals surface area contributed by atoms with E-state index >= 15 is 0 Å². The van der Waals surface area contributed by atoms with Crippen LogP contribution in [0.4, 0.5) is 0 Å². The Bertz CT molecular complexity index is 630. The van der Waals surface area contributed by atoms with Crippen molar-refractivity contribution in [2.24, 2.45) is 5.92 Å². The molecule has 120 valence electrons. The first-order chi connectivity index (χ1) is 10.5. The zero-order valence-electron chi connectivity index (χ0n) is 13.8. The van der Waals surface area contributed by atoms with Crippen LogP contribution in [0.2, 0.25) is 0 Å². The SMILES string of the molecule is CCOc1cccc2cc(C(C)NC(=O)CCC(C)C)oc12. The van der Waals surface area contributed by atoms with Crippen molar-refractivity contribution in [1.29, 1.82) is 0 Å². The van der Waals surface area contributed by atoms with E-state index in [0.717, 1.165) is 28.9 Å². The Balaban J connectivity index is 2.10. The fourth-order valence-corrected chi connectivity index (χ4v) is 2.34. The molecule has 1 aromatic heterocycles. The summed E-state index contributed by atoms with van der Waals surface area (Å²) in [6.45, 7) is 8.71. The molecule has 1 unspecified atom stereocenters. The van der Waals surface area contributed by atoms with Crippen molar-refractivity contribution in [2.45, 2.75) is 46.6 Å². The first kappa shape index (κ1) is 16.4. The summed E-state index contributed by atoms with van der Waals surface area (Å²) in [6, 6.07) is 7.63. The van der Waals surface area contributed by atoms with Crippen LogP contribution in [0.1, 0.15) is 52.3 Å². The van der Waals surface area contributed by atoms with Gasteiger partial charge < -0.3 is 14.5 Å². The molecular formula is C18H25NO3. The Hall–Kier alpha value is -1.97. The van der Waals surface area contributed by atoms with Crippen LogP contribution in [0, 0.1) is 5.92 Å². The fourth-order valence-electron chi connectivity index (χ4n) is 2.34. The molecule has 1 N–H and O–H groups in total. The second-order valence-electron chi connectivity index (χ2n) is 5.98. The largest absolute Gasteiger partial charge is 0.490 e. The molecule has 0 aliphatic rings. The third-order valence-electron chi connectivity index (χ3n) is 3.58. The van der Waals surface area contributed by atoms with Crippen molar-refractivity contribution < 1.29 is 13.9 Å². The first-order valence-corrected chi connectivity index (χ1v) is 7.95. The number of fused-ring (bicyclic) bond motifs is 1. The van der Waals surface area contributed by atoms with Gasteiger partial charge in [-0.25, -0.2) is 0 Å². The summed E-state index contributed by atoms with van der Waals surface area (Å²) in [5.41, 5.74) is 0.739. The van der Waals surface area contributed by atoms with Gasteiger partial charge in [0.05, 0.1) is 12.6 Å². The summed E-state index contributed by atoms with van der Waals surface area (Å²) < 4.78 is 11.5. The highest BCUT2D eigenvalue weighted by molar-refractivity contribution is 5.84. The molecule has 0 fully saturated rings. The number of amides is 1. The van der Waals surface area contributed by atoms with E-state index in [4.69, 9.17) is 9.15 Å². The average Bonchev–Trinajstić information content (AvgIpc) is 2.90. The zero-order chi connectivity index (χ0) is 16.1. The van der Waals surface area contributed by atoms with Crippen LogP contribution >= 0.6 is 0 Å². The van der Waals surface area contributed by atoms with Crippen LogP contribution < -0.4 is 10.1 Å². The van der Waals surface area contributed by atoms with Crippen molar-refractivity contribution in [3.05, 3.63) is 30.0 Å². The maximum absolute atomic E-state index is 11.9. The van der Waals surface area contributed by atoms with Crippen molar-refractivity contribution >= 4 is 16.9 Å². The van der Waals surface area contributed by atoms with E-state index in [9.17, 15) is 4.79 Å². The summed E-state index contributed by atoms with van der Waals surface area (Å²) in [6.07, 6.45) is 1.44. The molecule has 0 bridgehead atoms. The van der Waals surface area contributed by atoms with Crippen molar-refractivity contribution in [3.63, 3.8) is 0 Å². The minimum atomic E-state index is -0.151. The van der Waals surface area contributed by atoms with E-state index in [2.05, 4.69) is 19.2 Å². The lowest BCUT2D eigenvalue weighted by molar-refractivity contribution is -0.122. The lowest BCUT2D eigenvalue weighted by Crippen LogP contribution is -2.26. The smallest absolute Gasteiger partial charge is 0.220 e. The number of carbonyl (C=O) groups is 1. The molecule has 1 aromatic carbocycles. The predicted molar refractivity (Wildman–Crippen MR) is 88.0 cm³/mol. The van der Waals surface area contributed by atoms with Gasteiger partial charge in [0.15, 0.2) is 11.3 Å². The second-order valence-corrected chi connectivity index (χ2v) is 5.98. The van der Waals surface area contributed by atoms with E-state index in [-0.39, 0.29) is 11.9 Å². The number of nitrogens with one attached hydrogen (secondary N) is 1. The predicted octanol–water partition coefficient (Wildman–Crippen LogP) is 4.44. The van der Waals surface area contributed by atoms with Crippen LogP contribution in [0.25, 0.3) is 11.0 Å². The molecule has 0 spiro atoms. The van der Waals surface area contributed by atoms with Gasteiger partial charge in [0.2, 0.25) is 5.91 Å². The van der Waals surface area contributed by atoms with Gasteiger partial charge in [0.25, 0.3) is 0 Å². The third-order valence-corrected chi connectivity index (χ3v) is 3.58. The Morgan fingerprint density at radius 2 is 2.09 bits per heavy atom. The van der Waals surface area contributed by atoms with E-state index in [1.807, 2.05) is 38.1 Å². The summed E-state index contributed by atoms with van der Waals surface area (Å²) >= 11 is 0. The molecule has 1 atom stereocenters. The summed E-state index contributed by atoms with van der Waals surface area (Å²) in [5.74, 6) is 2.08. The van der Waals surface area contributed by atoms with Gasteiger partial charge in [-0.3, -0.25) is 4.79 Å². The molecule has 2 aromatic rings. The molecule has 4 heteroatoms. The fraction of sp³-hybridized carbons (Fsp3) is 0.500. The van der Waals surface area contributed by atoms with E-state index < -0.39 is 0 Å². The van der Waals surface area contributed by atoms with Crippen molar-refractivity contribution in [2.75, 3.05) is 6.61 Å². The molecule has 1 heterocycles. The van der Waals surface area contributed by atoms with E-state index in [0.29, 0.717) is 18.9 Å². The van der Waals surface area contributed by atoms with Crippen LogP contribution in [0.3, 0.4) is 0 Å². The van der Waals surface area contributed by atoms with Gasteiger partial charge in [0.1, 0.15) is 5.76 Å². The van der Waals surface area contributed by atoms with Gasteiger partial charge in [-0.05, 0) is 38.3 Å². The lowest BCUT2D eigenvalue weighted by Gasteiger charge is -2.12. The van der Waals surface area contributed by atoms with Crippen LogP contribution in [-0.4, -0.2) is 12.5 Å². The van der Waals surface area contributed by atoms with Crippen LogP contribution in [0.5, 0.6) is 5.75 Å². The Morgan fingerprint density at radius 1 is 1.32 bits per heavy atom. The maximum Gasteiger partial charge on any atom is 0.220 e. The number of hydrogen-bond acceptors (Lipinski definition) is 3. The molecule has 0 radical (unpaired) electrons. The van der Waals surface area contributed by atoms with Crippen LogP contribution in [-0.2, 0) is 4.79 Å². The molecule has 22 heavy (non-hydrogen) atoms. The number of hydrogen-bond donors (Lipinski definition) is 1. The number of ether oxygens (including phenoxy) is 1. The molecule has 0 saturated heterocycles. The van der Waals surface area contributed by atoms with E-state index in [1.165, 1.54) is 0 Å². The molecule has 2 rings (SSSR count). The summed E-state index contributed by atoms with van der Waals surface area (Å²) in [4.78, 5) is 11.9. The molecule has 0 aliphatic carbocycles. The number of rotatable bonds is 7. The molecular weight excluding hydrogens is 278 g/mol. The molecule has 0 aliphatic heterocycles. The minimum Gasteiger partial charge on any atom is -0.490 e. The number of furan rings is 1. The maximum atomic E-state index is 11.9. The second kappa shape index (κ2) is 7.34. The third kappa shape index (κ3) is 4.03. The molecule has 0 saturated carbocycles. The normalized spacial score (nSPS) is 12.6. The highest BCUT2D eigenvalue weighted by Crippen LogP contribution is 2.31. The standard InChI is InChI=1S/C18H25NO3/c1-5-21-15-8-6-7-14-11-16(22-18(14)15)13(4)19-17(20)10-9-12(2)3/h6-8,11-13H,5,9-10H2,1-4H3,(H,19,20). The highest BCUT2D eigenvalue weighted by Gasteiger charge is 2.16. The lowest BCUT2D eigenvalue weighted by atomic mass is 10.1. The Labute approximate surface area is 131 Å². The van der Waals surface area contributed by atoms with Crippen molar-refractivity contribution in [1.82, 2.24) is 5.32 Å². The quantitative estimate of drug-likeness (QED) is 0.822. The Kier molecular flexibility index (Phi) is 5.47. The van der Waals surface area contributed by atoms with Crippen LogP contribution in [0.15, 0.2) is 28.7 Å². The number of carbonyl (C=O) groups excluding carboxylic acids is 1. The summed E-state index contributed by atoms with van der Waals surface area (Å²) in [7, 11) is 0. The van der Waals surface area contributed by atoms with Gasteiger partial charge in [0, 0.05) is 11.8 Å². The van der Waals surface area contributed by atoms with Gasteiger partial charge >= 0.3 is 0 Å². The van der Waals surface area contributed by atoms with Crippen molar-refractivity contribution in [3.8, 4) is 5.75 Å². The molecule has 1 amide bonds. The molecule has 4 nitrogen and oxygen atoms in total. The van der Waals surface area contributed by atoms with Gasteiger partial charge in [-0.2, -0.15) is 0 Å². The monoisotopic (exact) mass is 303 g/mol.